The Balaban J connectivity index is 1.70. The maximum absolute atomic E-state index is 12.0. The molecule has 2 fully saturated rings. The molecule has 2 aliphatic rings. The number of rotatable bonds is 5. The fourth-order valence-electron chi connectivity index (χ4n) is 3.14. The Morgan fingerprint density at radius 1 is 1.21 bits per heavy atom. The van der Waals surface area contributed by atoms with Crippen LogP contribution in [0.15, 0.2) is 0 Å². The maximum atomic E-state index is 12.0. The van der Waals surface area contributed by atoms with Gasteiger partial charge in [-0.3, -0.25) is 9.59 Å². The summed E-state index contributed by atoms with van der Waals surface area (Å²) < 4.78 is 0. The van der Waals surface area contributed by atoms with Crippen molar-refractivity contribution in [2.45, 2.75) is 57.5 Å². The molecule has 3 N–H and O–H groups in total. The van der Waals surface area contributed by atoms with Crippen LogP contribution in [0.4, 0.5) is 0 Å². The fourth-order valence-corrected chi connectivity index (χ4v) is 3.14. The van der Waals surface area contributed by atoms with Gasteiger partial charge in [-0.1, -0.05) is 19.8 Å². The van der Waals surface area contributed by atoms with E-state index < -0.39 is 0 Å². The molecule has 0 aromatic rings. The molecule has 0 bridgehead atoms. The normalized spacial score (nSPS) is 29.6. The van der Waals surface area contributed by atoms with E-state index in [-0.39, 0.29) is 24.4 Å². The summed E-state index contributed by atoms with van der Waals surface area (Å²) >= 11 is 0. The van der Waals surface area contributed by atoms with E-state index in [4.69, 9.17) is 0 Å². The van der Waals surface area contributed by atoms with E-state index >= 15 is 0 Å². The van der Waals surface area contributed by atoms with Crippen molar-refractivity contribution in [3.05, 3.63) is 0 Å². The second-order valence-corrected chi connectivity index (χ2v) is 5.67. The highest BCUT2D eigenvalue weighted by molar-refractivity contribution is 5.87. The first-order valence-corrected chi connectivity index (χ1v) is 7.51. The van der Waals surface area contributed by atoms with Gasteiger partial charge in [0, 0.05) is 12.6 Å². The quantitative estimate of drug-likeness (QED) is 0.681. The largest absolute Gasteiger partial charge is 0.355 e. The van der Waals surface area contributed by atoms with Crippen LogP contribution in [0.2, 0.25) is 0 Å². The number of amides is 2. The van der Waals surface area contributed by atoms with E-state index in [1.54, 1.807) is 0 Å². The van der Waals surface area contributed by atoms with E-state index in [0.29, 0.717) is 18.5 Å². The van der Waals surface area contributed by atoms with Gasteiger partial charge in [-0.05, 0) is 31.6 Å². The lowest BCUT2D eigenvalue weighted by atomic mass is 9.85. The van der Waals surface area contributed by atoms with Gasteiger partial charge >= 0.3 is 0 Å². The smallest absolute Gasteiger partial charge is 0.239 e. The van der Waals surface area contributed by atoms with E-state index in [1.165, 1.54) is 25.7 Å². The topological polar surface area (TPSA) is 70.2 Å². The lowest BCUT2D eigenvalue weighted by molar-refractivity contribution is -0.127. The summed E-state index contributed by atoms with van der Waals surface area (Å²) in [4.78, 5) is 23.4. The van der Waals surface area contributed by atoms with Crippen LogP contribution in [0.3, 0.4) is 0 Å². The van der Waals surface area contributed by atoms with Gasteiger partial charge in [0.15, 0.2) is 0 Å². The molecule has 0 radical (unpaired) electrons. The van der Waals surface area contributed by atoms with Crippen molar-refractivity contribution in [1.29, 1.82) is 0 Å². The van der Waals surface area contributed by atoms with Gasteiger partial charge in [-0.15, -0.1) is 0 Å². The Morgan fingerprint density at radius 3 is 2.74 bits per heavy atom. The maximum Gasteiger partial charge on any atom is 0.239 e. The van der Waals surface area contributed by atoms with Crippen LogP contribution in [0.25, 0.3) is 0 Å². The average Bonchev–Trinajstić information content (AvgIpc) is 2.86. The number of hydrogen-bond acceptors (Lipinski definition) is 3. The van der Waals surface area contributed by atoms with Gasteiger partial charge in [0.2, 0.25) is 11.8 Å². The van der Waals surface area contributed by atoms with Gasteiger partial charge in [-0.25, -0.2) is 0 Å². The van der Waals surface area contributed by atoms with Gasteiger partial charge < -0.3 is 16.0 Å². The molecule has 5 heteroatoms. The van der Waals surface area contributed by atoms with Crippen LogP contribution >= 0.6 is 0 Å². The molecule has 0 aromatic heterocycles. The zero-order valence-corrected chi connectivity index (χ0v) is 11.7. The van der Waals surface area contributed by atoms with Crippen molar-refractivity contribution < 1.29 is 9.59 Å². The van der Waals surface area contributed by atoms with Crippen LogP contribution in [-0.2, 0) is 9.59 Å². The third kappa shape index (κ3) is 3.93. The van der Waals surface area contributed by atoms with Crippen LogP contribution in [-0.4, -0.2) is 37.0 Å². The monoisotopic (exact) mass is 267 g/mol. The summed E-state index contributed by atoms with van der Waals surface area (Å²) in [6.45, 7) is 2.76. The molecule has 0 aromatic carbocycles. The summed E-state index contributed by atoms with van der Waals surface area (Å²) in [5.74, 6) is 0.519. The minimum Gasteiger partial charge on any atom is -0.355 e. The zero-order chi connectivity index (χ0) is 13.7. The molecular weight excluding hydrogens is 242 g/mol. The standard InChI is InChI=1S/C14H25N3O2/c1-2-7-15-13(18)9-16-14(19)12-8-10-5-3-4-6-11(10)17-12/h10-12,17H,2-9H2,1H3,(H,15,18)(H,16,19). The lowest BCUT2D eigenvalue weighted by Gasteiger charge is -2.24. The molecule has 1 aliphatic heterocycles. The van der Waals surface area contributed by atoms with Crippen molar-refractivity contribution in [3.63, 3.8) is 0 Å². The molecule has 19 heavy (non-hydrogen) atoms. The second kappa shape index (κ2) is 6.89. The first-order valence-electron chi connectivity index (χ1n) is 7.51. The van der Waals surface area contributed by atoms with Gasteiger partial charge in [0.25, 0.3) is 0 Å². The van der Waals surface area contributed by atoms with E-state index in [0.717, 1.165) is 12.8 Å². The highest BCUT2D eigenvalue weighted by Gasteiger charge is 2.38. The Labute approximate surface area is 114 Å². The molecule has 1 aliphatic carbocycles. The highest BCUT2D eigenvalue weighted by Crippen LogP contribution is 2.33. The predicted molar refractivity (Wildman–Crippen MR) is 73.6 cm³/mol. The number of carbonyl (C=O) groups is 2. The molecule has 0 spiro atoms. The molecule has 1 saturated carbocycles. The summed E-state index contributed by atoms with van der Waals surface area (Å²) in [5, 5.41) is 8.90. The van der Waals surface area contributed by atoms with Crippen molar-refractivity contribution in [2.24, 2.45) is 5.92 Å². The molecule has 1 heterocycles. The highest BCUT2D eigenvalue weighted by atomic mass is 16.2. The summed E-state index contributed by atoms with van der Waals surface area (Å²) in [6.07, 6.45) is 6.81. The first-order chi connectivity index (χ1) is 9.20. The lowest BCUT2D eigenvalue weighted by Crippen LogP contribution is -2.46. The minimum atomic E-state index is -0.106. The zero-order valence-electron chi connectivity index (χ0n) is 11.7. The number of hydrogen-bond donors (Lipinski definition) is 3. The molecule has 2 amide bonds. The van der Waals surface area contributed by atoms with E-state index in [2.05, 4.69) is 16.0 Å². The summed E-state index contributed by atoms with van der Waals surface area (Å²) in [5.41, 5.74) is 0. The van der Waals surface area contributed by atoms with Gasteiger partial charge in [0.05, 0.1) is 12.6 Å². The first kappa shape index (κ1) is 14.3. The van der Waals surface area contributed by atoms with Gasteiger partial charge in [0.1, 0.15) is 0 Å². The van der Waals surface area contributed by atoms with Crippen LogP contribution in [0, 0.1) is 5.92 Å². The summed E-state index contributed by atoms with van der Waals surface area (Å²) in [6, 6.07) is 0.408. The molecule has 3 unspecified atom stereocenters. The molecule has 108 valence electrons. The van der Waals surface area contributed by atoms with E-state index in [1.807, 2.05) is 6.92 Å². The van der Waals surface area contributed by atoms with Crippen molar-refractivity contribution in [3.8, 4) is 0 Å². The SMILES string of the molecule is CCCNC(=O)CNC(=O)C1CC2CCCCC2N1. The van der Waals surface area contributed by atoms with Crippen LogP contribution < -0.4 is 16.0 Å². The summed E-state index contributed by atoms with van der Waals surface area (Å²) in [7, 11) is 0. The Hall–Kier alpha value is -1.10. The van der Waals surface area contributed by atoms with Gasteiger partial charge in [-0.2, -0.15) is 0 Å². The third-order valence-electron chi connectivity index (χ3n) is 4.17. The van der Waals surface area contributed by atoms with Crippen molar-refractivity contribution in [1.82, 2.24) is 16.0 Å². The number of carbonyl (C=O) groups excluding carboxylic acids is 2. The number of fused-ring (bicyclic) bond motifs is 1. The second-order valence-electron chi connectivity index (χ2n) is 5.67. The average molecular weight is 267 g/mol. The van der Waals surface area contributed by atoms with Crippen LogP contribution in [0.1, 0.15) is 45.4 Å². The molecule has 3 atom stereocenters. The molecular formula is C14H25N3O2. The Kier molecular flexibility index (Phi) is 5.19. The molecule has 5 nitrogen and oxygen atoms in total. The third-order valence-corrected chi connectivity index (χ3v) is 4.17. The Bertz CT molecular complexity index is 319. The minimum absolute atomic E-state index is 0.0268. The Morgan fingerprint density at radius 2 is 2.00 bits per heavy atom. The number of nitrogens with one attached hydrogen (secondary N) is 3. The molecule has 1 saturated heterocycles. The van der Waals surface area contributed by atoms with Crippen molar-refractivity contribution in [2.75, 3.05) is 13.1 Å². The predicted octanol–water partition coefficient (Wildman–Crippen LogP) is 0.550. The van der Waals surface area contributed by atoms with Crippen LogP contribution in [0.5, 0.6) is 0 Å². The van der Waals surface area contributed by atoms with E-state index in [9.17, 15) is 9.59 Å². The fraction of sp³-hybridized carbons (Fsp3) is 0.857. The molecule has 2 rings (SSSR count). The van der Waals surface area contributed by atoms with Crippen molar-refractivity contribution >= 4 is 11.8 Å².